The molecule has 0 radical (unpaired) electrons. The highest BCUT2D eigenvalue weighted by Crippen LogP contribution is 2.24. The predicted molar refractivity (Wildman–Crippen MR) is 50.2 cm³/mol. The minimum Gasteiger partial charge on any atom is -0.333 e. The van der Waals surface area contributed by atoms with Gasteiger partial charge in [-0.3, -0.25) is 0 Å². The standard InChI is InChI=1S/C8H9N3OS/c1-5-2-6(13-4-5)8-10-7(3-9)11-12-8/h2,4H,3,9H2,1H3. The van der Waals surface area contributed by atoms with Gasteiger partial charge in [0.2, 0.25) is 0 Å². The van der Waals surface area contributed by atoms with Crippen molar-refractivity contribution in [2.75, 3.05) is 0 Å². The molecule has 0 unspecified atom stereocenters. The van der Waals surface area contributed by atoms with Gasteiger partial charge in [0.15, 0.2) is 5.82 Å². The van der Waals surface area contributed by atoms with Crippen molar-refractivity contribution in [3.05, 3.63) is 22.8 Å². The highest BCUT2D eigenvalue weighted by Gasteiger charge is 2.08. The lowest BCUT2D eigenvalue weighted by molar-refractivity contribution is 0.423. The molecule has 0 aromatic carbocycles. The summed E-state index contributed by atoms with van der Waals surface area (Å²) in [6, 6.07) is 2.01. The van der Waals surface area contributed by atoms with E-state index in [0.29, 0.717) is 18.3 Å². The van der Waals surface area contributed by atoms with Gasteiger partial charge in [0.05, 0.1) is 11.4 Å². The van der Waals surface area contributed by atoms with Gasteiger partial charge in [0.25, 0.3) is 5.89 Å². The van der Waals surface area contributed by atoms with Gasteiger partial charge < -0.3 is 10.3 Å². The Morgan fingerprint density at radius 3 is 3.00 bits per heavy atom. The Balaban J connectivity index is 2.35. The number of nitrogens with two attached hydrogens (primary N) is 1. The minimum atomic E-state index is 0.313. The first-order chi connectivity index (χ1) is 6.29. The van der Waals surface area contributed by atoms with E-state index in [-0.39, 0.29) is 0 Å². The topological polar surface area (TPSA) is 64.9 Å². The summed E-state index contributed by atoms with van der Waals surface area (Å²) in [5, 5.41) is 5.76. The average molecular weight is 195 g/mol. The first kappa shape index (κ1) is 8.40. The van der Waals surface area contributed by atoms with Crippen LogP contribution in [-0.2, 0) is 6.54 Å². The van der Waals surface area contributed by atoms with E-state index in [9.17, 15) is 0 Å². The summed E-state index contributed by atoms with van der Waals surface area (Å²) in [6.45, 7) is 2.34. The van der Waals surface area contributed by atoms with Crippen LogP contribution < -0.4 is 5.73 Å². The lowest BCUT2D eigenvalue weighted by Crippen LogP contribution is -1.97. The second kappa shape index (κ2) is 3.27. The normalized spacial score (nSPS) is 10.6. The largest absolute Gasteiger partial charge is 0.333 e. The Kier molecular flexibility index (Phi) is 2.12. The number of aryl methyl sites for hydroxylation is 1. The molecular formula is C8H9N3OS. The summed E-state index contributed by atoms with van der Waals surface area (Å²) in [5.41, 5.74) is 6.57. The molecule has 0 fully saturated rings. The Bertz CT molecular complexity index is 407. The third kappa shape index (κ3) is 1.61. The van der Waals surface area contributed by atoms with Gasteiger partial charge in [0.1, 0.15) is 0 Å². The number of hydrogen-bond donors (Lipinski definition) is 1. The smallest absolute Gasteiger partial charge is 0.268 e. The molecule has 2 aromatic heterocycles. The van der Waals surface area contributed by atoms with E-state index in [1.54, 1.807) is 11.3 Å². The molecule has 0 aliphatic heterocycles. The summed E-state index contributed by atoms with van der Waals surface area (Å²) in [5.74, 6) is 1.10. The second-order valence-corrected chi connectivity index (χ2v) is 3.62. The maximum absolute atomic E-state index is 5.36. The second-order valence-electron chi connectivity index (χ2n) is 2.71. The van der Waals surface area contributed by atoms with E-state index in [1.807, 2.05) is 18.4 Å². The van der Waals surface area contributed by atoms with Gasteiger partial charge in [-0.1, -0.05) is 5.16 Å². The predicted octanol–water partition coefficient (Wildman–Crippen LogP) is 1.57. The molecule has 2 N–H and O–H groups in total. The van der Waals surface area contributed by atoms with Crippen molar-refractivity contribution in [2.45, 2.75) is 13.5 Å². The number of aromatic nitrogens is 2. The molecule has 2 rings (SSSR count). The molecule has 0 amide bonds. The fourth-order valence-electron chi connectivity index (χ4n) is 0.980. The zero-order chi connectivity index (χ0) is 9.26. The van der Waals surface area contributed by atoms with Crippen molar-refractivity contribution in [1.29, 1.82) is 0 Å². The quantitative estimate of drug-likeness (QED) is 0.789. The summed E-state index contributed by atoms with van der Waals surface area (Å²) in [4.78, 5) is 5.11. The minimum absolute atomic E-state index is 0.313. The van der Waals surface area contributed by atoms with Crippen LogP contribution in [0.15, 0.2) is 16.0 Å². The highest BCUT2D eigenvalue weighted by molar-refractivity contribution is 7.13. The van der Waals surface area contributed by atoms with Crippen LogP contribution in [0.25, 0.3) is 10.8 Å². The third-order valence-electron chi connectivity index (χ3n) is 1.59. The SMILES string of the molecule is Cc1csc(-c2nc(CN)no2)c1. The molecule has 4 nitrogen and oxygen atoms in total. The lowest BCUT2D eigenvalue weighted by atomic mass is 10.3. The number of hydrogen-bond acceptors (Lipinski definition) is 5. The van der Waals surface area contributed by atoms with Crippen LogP contribution in [0.1, 0.15) is 11.4 Å². The average Bonchev–Trinajstić information content (AvgIpc) is 2.71. The summed E-state index contributed by atoms with van der Waals surface area (Å²) in [7, 11) is 0. The molecule has 2 aromatic rings. The van der Waals surface area contributed by atoms with Crippen LogP contribution in [0.5, 0.6) is 0 Å². The summed E-state index contributed by atoms with van der Waals surface area (Å²) >= 11 is 1.59. The Labute approximate surface area is 79.4 Å². The molecule has 0 aliphatic rings. The van der Waals surface area contributed by atoms with Crippen LogP contribution >= 0.6 is 11.3 Å². The van der Waals surface area contributed by atoms with Gasteiger partial charge >= 0.3 is 0 Å². The Morgan fingerprint density at radius 1 is 1.62 bits per heavy atom. The zero-order valence-electron chi connectivity index (χ0n) is 7.15. The molecule has 5 heteroatoms. The molecule has 2 heterocycles. The van der Waals surface area contributed by atoms with Crippen LogP contribution in [0.2, 0.25) is 0 Å². The van der Waals surface area contributed by atoms with E-state index >= 15 is 0 Å². The van der Waals surface area contributed by atoms with Gasteiger partial charge in [-0.15, -0.1) is 11.3 Å². The summed E-state index contributed by atoms with van der Waals surface area (Å²) < 4.78 is 5.02. The van der Waals surface area contributed by atoms with Gasteiger partial charge in [-0.25, -0.2) is 0 Å². The van der Waals surface area contributed by atoms with Crippen LogP contribution in [0.4, 0.5) is 0 Å². The van der Waals surface area contributed by atoms with Crippen molar-refractivity contribution in [3.63, 3.8) is 0 Å². The molecule has 0 saturated carbocycles. The molecular weight excluding hydrogens is 186 g/mol. The lowest BCUT2D eigenvalue weighted by Gasteiger charge is -1.82. The number of nitrogens with zero attached hydrogens (tertiary/aromatic N) is 2. The Hall–Kier alpha value is -1.20. The van der Waals surface area contributed by atoms with E-state index in [1.165, 1.54) is 5.56 Å². The van der Waals surface area contributed by atoms with Crippen LogP contribution in [0.3, 0.4) is 0 Å². The van der Waals surface area contributed by atoms with Crippen molar-refractivity contribution >= 4 is 11.3 Å². The van der Waals surface area contributed by atoms with E-state index < -0.39 is 0 Å². The fraction of sp³-hybridized carbons (Fsp3) is 0.250. The van der Waals surface area contributed by atoms with Gasteiger partial charge in [-0.05, 0) is 23.9 Å². The number of rotatable bonds is 2. The van der Waals surface area contributed by atoms with Gasteiger partial charge in [0, 0.05) is 0 Å². The van der Waals surface area contributed by atoms with Crippen molar-refractivity contribution < 1.29 is 4.52 Å². The first-order valence-electron chi connectivity index (χ1n) is 3.88. The van der Waals surface area contributed by atoms with Gasteiger partial charge in [-0.2, -0.15) is 4.98 Å². The Morgan fingerprint density at radius 2 is 2.46 bits per heavy atom. The molecule has 0 saturated heterocycles. The maximum Gasteiger partial charge on any atom is 0.268 e. The molecule has 0 bridgehead atoms. The van der Waals surface area contributed by atoms with E-state index in [0.717, 1.165) is 4.88 Å². The van der Waals surface area contributed by atoms with E-state index in [2.05, 4.69) is 10.1 Å². The van der Waals surface area contributed by atoms with Crippen molar-refractivity contribution in [2.24, 2.45) is 5.73 Å². The van der Waals surface area contributed by atoms with E-state index in [4.69, 9.17) is 10.3 Å². The highest BCUT2D eigenvalue weighted by atomic mass is 32.1. The molecule has 0 spiro atoms. The number of thiophene rings is 1. The monoisotopic (exact) mass is 195 g/mol. The molecule has 0 atom stereocenters. The molecule has 0 aliphatic carbocycles. The fourth-order valence-corrected chi connectivity index (χ4v) is 1.80. The van der Waals surface area contributed by atoms with Crippen molar-refractivity contribution in [3.8, 4) is 10.8 Å². The van der Waals surface area contributed by atoms with Crippen molar-refractivity contribution in [1.82, 2.24) is 10.1 Å². The third-order valence-corrected chi connectivity index (χ3v) is 2.63. The first-order valence-corrected chi connectivity index (χ1v) is 4.75. The van der Waals surface area contributed by atoms with Crippen LogP contribution in [-0.4, -0.2) is 10.1 Å². The maximum atomic E-state index is 5.36. The zero-order valence-corrected chi connectivity index (χ0v) is 7.97. The molecule has 68 valence electrons. The van der Waals surface area contributed by atoms with Crippen LogP contribution in [0, 0.1) is 6.92 Å². The summed E-state index contributed by atoms with van der Waals surface area (Å²) in [6.07, 6.45) is 0. The molecule has 13 heavy (non-hydrogen) atoms.